The molecule has 1 amide bonds. The predicted molar refractivity (Wildman–Crippen MR) is 64.6 cm³/mol. The smallest absolute Gasteiger partial charge is 0.251 e. The second-order valence-corrected chi connectivity index (χ2v) is 4.40. The zero-order valence-electron chi connectivity index (χ0n) is 10.1. The zero-order valence-corrected chi connectivity index (χ0v) is 10.1. The third-order valence-corrected chi connectivity index (χ3v) is 3.02. The molecule has 1 aliphatic rings. The molecule has 92 valence electrons. The number of hydrogen-bond acceptors (Lipinski definition) is 4. The molecule has 1 fully saturated rings. The van der Waals surface area contributed by atoms with Gasteiger partial charge in [-0.2, -0.15) is 0 Å². The topological polar surface area (TPSA) is 55.8 Å². The molecule has 1 aliphatic heterocycles. The van der Waals surface area contributed by atoms with Gasteiger partial charge in [0.25, 0.3) is 5.91 Å². The van der Waals surface area contributed by atoms with Gasteiger partial charge in [-0.05, 0) is 24.3 Å². The van der Waals surface area contributed by atoms with Crippen LogP contribution in [0, 0.1) is 0 Å². The molecule has 1 heterocycles. The highest BCUT2D eigenvalue weighted by Gasteiger charge is 2.25. The number of nitrogens with one attached hydrogen (secondary N) is 1. The van der Waals surface area contributed by atoms with E-state index < -0.39 is 0 Å². The number of carbonyl (C=O) groups excluding carboxylic acids is 1. The Labute approximate surface area is 101 Å². The average Bonchev–Trinajstić information content (AvgIpc) is 2.58. The SMILES string of the molecule is CN1CC(NC(=O)c2ccc(O)cc2)CN1C. The number of hydrogen-bond donors (Lipinski definition) is 2. The van der Waals surface area contributed by atoms with Crippen LogP contribution in [0.4, 0.5) is 0 Å². The van der Waals surface area contributed by atoms with Crippen molar-refractivity contribution in [3.63, 3.8) is 0 Å². The molecule has 0 spiro atoms. The number of phenols is 1. The first kappa shape index (κ1) is 11.9. The van der Waals surface area contributed by atoms with Crippen molar-refractivity contribution in [1.82, 2.24) is 15.3 Å². The molecular weight excluding hydrogens is 218 g/mol. The zero-order chi connectivity index (χ0) is 12.4. The molecule has 0 aliphatic carbocycles. The van der Waals surface area contributed by atoms with Crippen LogP contribution in [-0.2, 0) is 0 Å². The third kappa shape index (κ3) is 2.75. The van der Waals surface area contributed by atoms with E-state index in [1.807, 2.05) is 14.1 Å². The Kier molecular flexibility index (Phi) is 3.31. The summed E-state index contributed by atoms with van der Waals surface area (Å²) in [6, 6.07) is 6.41. The molecule has 17 heavy (non-hydrogen) atoms. The van der Waals surface area contributed by atoms with E-state index in [0.29, 0.717) is 5.56 Å². The molecule has 1 aromatic rings. The van der Waals surface area contributed by atoms with Gasteiger partial charge in [0.1, 0.15) is 5.75 Å². The fourth-order valence-electron chi connectivity index (χ4n) is 1.95. The molecule has 1 saturated heterocycles. The number of likely N-dealkylation sites (N-methyl/N-ethyl adjacent to an activating group) is 2. The maximum atomic E-state index is 11.9. The lowest BCUT2D eigenvalue weighted by Gasteiger charge is -2.16. The molecule has 0 aromatic heterocycles. The van der Waals surface area contributed by atoms with Crippen molar-refractivity contribution >= 4 is 5.91 Å². The number of rotatable bonds is 2. The van der Waals surface area contributed by atoms with Gasteiger partial charge in [0.2, 0.25) is 0 Å². The quantitative estimate of drug-likeness (QED) is 0.773. The maximum absolute atomic E-state index is 11.9. The van der Waals surface area contributed by atoms with Gasteiger partial charge in [0.15, 0.2) is 0 Å². The number of benzene rings is 1. The Bertz CT molecular complexity index is 395. The Morgan fingerprint density at radius 1 is 1.24 bits per heavy atom. The van der Waals surface area contributed by atoms with Gasteiger partial charge >= 0.3 is 0 Å². The molecule has 2 rings (SSSR count). The highest BCUT2D eigenvalue weighted by molar-refractivity contribution is 5.94. The predicted octanol–water partition coefficient (Wildman–Crippen LogP) is 0.283. The van der Waals surface area contributed by atoms with Crippen LogP contribution < -0.4 is 5.32 Å². The van der Waals surface area contributed by atoms with E-state index in [1.165, 1.54) is 12.1 Å². The number of aromatic hydroxyl groups is 1. The second-order valence-electron chi connectivity index (χ2n) is 4.40. The van der Waals surface area contributed by atoms with Crippen molar-refractivity contribution in [1.29, 1.82) is 0 Å². The summed E-state index contributed by atoms with van der Waals surface area (Å²) in [5.74, 6) is 0.0700. The lowest BCUT2D eigenvalue weighted by Crippen LogP contribution is -2.38. The van der Waals surface area contributed by atoms with Crippen LogP contribution in [0.15, 0.2) is 24.3 Å². The number of hydrazine groups is 1. The Hall–Kier alpha value is -1.59. The number of phenolic OH excluding ortho intramolecular Hbond substituents is 1. The highest BCUT2D eigenvalue weighted by Crippen LogP contribution is 2.11. The van der Waals surface area contributed by atoms with Crippen LogP contribution in [-0.4, -0.2) is 54.3 Å². The molecule has 0 bridgehead atoms. The molecule has 0 saturated carbocycles. The maximum Gasteiger partial charge on any atom is 0.251 e. The van der Waals surface area contributed by atoms with Crippen molar-refractivity contribution < 1.29 is 9.90 Å². The van der Waals surface area contributed by atoms with E-state index >= 15 is 0 Å². The Morgan fingerprint density at radius 2 is 1.76 bits per heavy atom. The van der Waals surface area contributed by atoms with Crippen LogP contribution in [0.3, 0.4) is 0 Å². The molecule has 1 aromatic carbocycles. The minimum atomic E-state index is -0.0984. The first-order valence-electron chi connectivity index (χ1n) is 5.58. The summed E-state index contributed by atoms with van der Waals surface area (Å²) in [5.41, 5.74) is 0.569. The van der Waals surface area contributed by atoms with E-state index in [4.69, 9.17) is 5.11 Å². The number of nitrogens with zero attached hydrogens (tertiary/aromatic N) is 2. The van der Waals surface area contributed by atoms with E-state index in [9.17, 15) is 4.79 Å². The van der Waals surface area contributed by atoms with Crippen LogP contribution >= 0.6 is 0 Å². The minimum Gasteiger partial charge on any atom is -0.508 e. The molecule has 0 radical (unpaired) electrons. The van der Waals surface area contributed by atoms with Crippen LogP contribution in [0.1, 0.15) is 10.4 Å². The summed E-state index contributed by atoms with van der Waals surface area (Å²) in [5, 5.41) is 16.3. The van der Waals surface area contributed by atoms with Crippen LogP contribution in [0.5, 0.6) is 5.75 Å². The molecule has 2 N–H and O–H groups in total. The van der Waals surface area contributed by atoms with E-state index in [-0.39, 0.29) is 17.7 Å². The molecular formula is C12H17N3O2. The second kappa shape index (κ2) is 4.73. The summed E-state index contributed by atoms with van der Waals surface area (Å²) in [6.45, 7) is 1.64. The number of amides is 1. The normalized spacial score (nSPS) is 18.5. The fourth-order valence-corrected chi connectivity index (χ4v) is 1.95. The largest absolute Gasteiger partial charge is 0.508 e. The van der Waals surface area contributed by atoms with Gasteiger partial charge in [-0.1, -0.05) is 0 Å². The van der Waals surface area contributed by atoms with Gasteiger partial charge in [0.05, 0.1) is 6.04 Å². The van der Waals surface area contributed by atoms with Gasteiger partial charge in [-0.3, -0.25) is 4.79 Å². The van der Waals surface area contributed by atoms with Gasteiger partial charge in [-0.15, -0.1) is 0 Å². The minimum absolute atomic E-state index is 0.0984. The number of carbonyl (C=O) groups is 1. The molecule has 0 unspecified atom stereocenters. The third-order valence-electron chi connectivity index (χ3n) is 3.02. The average molecular weight is 235 g/mol. The molecule has 0 atom stereocenters. The van der Waals surface area contributed by atoms with Crippen LogP contribution in [0.2, 0.25) is 0 Å². The monoisotopic (exact) mass is 235 g/mol. The van der Waals surface area contributed by atoms with Crippen molar-refractivity contribution in [2.45, 2.75) is 6.04 Å². The van der Waals surface area contributed by atoms with Crippen LogP contribution in [0.25, 0.3) is 0 Å². The summed E-state index contributed by atoms with van der Waals surface area (Å²) in [6.07, 6.45) is 0. The summed E-state index contributed by atoms with van der Waals surface area (Å²) in [7, 11) is 3.99. The van der Waals surface area contributed by atoms with E-state index in [2.05, 4.69) is 15.3 Å². The van der Waals surface area contributed by atoms with Crippen molar-refractivity contribution in [2.24, 2.45) is 0 Å². The van der Waals surface area contributed by atoms with Crippen molar-refractivity contribution in [3.05, 3.63) is 29.8 Å². The molecule has 5 nitrogen and oxygen atoms in total. The van der Waals surface area contributed by atoms with Gasteiger partial charge < -0.3 is 10.4 Å². The van der Waals surface area contributed by atoms with E-state index in [1.54, 1.807) is 12.1 Å². The first-order chi connectivity index (χ1) is 8.06. The lowest BCUT2D eigenvalue weighted by atomic mass is 10.2. The standard InChI is InChI=1S/C12H17N3O2/c1-14-7-10(8-15(14)2)13-12(17)9-3-5-11(16)6-4-9/h3-6,10,16H,7-8H2,1-2H3,(H,13,17). The lowest BCUT2D eigenvalue weighted by molar-refractivity contribution is 0.0894. The fraction of sp³-hybridized carbons (Fsp3) is 0.417. The summed E-state index contributed by atoms with van der Waals surface area (Å²) >= 11 is 0. The van der Waals surface area contributed by atoms with Gasteiger partial charge in [-0.25, -0.2) is 10.0 Å². The summed E-state index contributed by atoms with van der Waals surface area (Å²) in [4.78, 5) is 11.9. The Balaban J connectivity index is 1.96. The van der Waals surface area contributed by atoms with E-state index in [0.717, 1.165) is 13.1 Å². The van der Waals surface area contributed by atoms with Crippen molar-refractivity contribution in [3.8, 4) is 5.75 Å². The molecule has 5 heteroatoms. The highest BCUT2D eigenvalue weighted by atomic mass is 16.3. The first-order valence-corrected chi connectivity index (χ1v) is 5.58. The van der Waals surface area contributed by atoms with Gasteiger partial charge in [0, 0.05) is 32.7 Å². The van der Waals surface area contributed by atoms with Crippen molar-refractivity contribution in [2.75, 3.05) is 27.2 Å². The Morgan fingerprint density at radius 3 is 2.29 bits per heavy atom. The summed E-state index contributed by atoms with van der Waals surface area (Å²) < 4.78 is 0.